The topological polar surface area (TPSA) is 65.2 Å². The summed E-state index contributed by atoms with van der Waals surface area (Å²) in [5, 5.41) is 11.4. The lowest BCUT2D eigenvalue weighted by molar-refractivity contribution is 0.102. The molecule has 1 rings (SSSR count). The van der Waals surface area contributed by atoms with Crippen LogP contribution in [0.5, 0.6) is 0 Å². The van der Waals surface area contributed by atoms with Crippen molar-refractivity contribution in [3.8, 4) is 6.19 Å². The molecule has 1 N–H and O–H groups in total. The molecular formula is C12H13N3OS. The molecule has 0 saturated carbocycles. The fourth-order valence-electron chi connectivity index (χ4n) is 1.15. The van der Waals surface area contributed by atoms with E-state index in [9.17, 15) is 4.79 Å². The summed E-state index contributed by atoms with van der Waals surface area (Å²) >= 11 is 1.24. The van der Waals surface area contributed by atoms with Crippen LogP contribution in [0.3, 0.4) is 0 Å². The Labute approximate surface area is 105 Å². The van der Waals surface area contributed by atoms with Crippen LogP contribution in [0.15, 0.2) is 35.3 Å². The number of rotatable bonds is 4. The van der Waals surface area contributed by atoms with Crippen LogP contribution in [-0.4, -0.2) is 23.2 Å². The molecule has 1 aromatic carbocycles. The van der Waals surface area contributed by atoms with Crippen molar-refractivity contribution < 1.29 is 4.79 Å². The van der Waals surface area contributed by atoms with E-state index in [1.54, 1.807) is 18.3 Å². The minimum atomic E-state index is 0.0270. The minimum Gasteiger partial charge on any atom is -0.293 e. The van der Waals surface area contributed by atoms with Crippen molar-refractivity contribution in [2.24, 2.45) is 4.99 Å². The van der Waals surface area contributed by atoms with Crippen LogP contribution in [0, 0.1) is 11.5 Å². The van der Waals surface area contributed by atoms with E-state index in [0.29, 0.717) is 17.3 Å². The van der Waals surface area contributed by atoms with Gasteiger partial charge in [-0.15, -0.1) is 0 Å². The molecule has 1 aromatic rings. The fraction of sp³-hybridized carbons (Fsp3) is 0.250. The molecule has 0 radical (unpaired) electrons. The highest BCUT2D eigenvalue weighted by atomic mass is 32.2. The number of amidine groups is 1. The number of ketones is 1. The van der Waals surface area contributed by atoms with E-state index < -0.39 is 0 Å². The Hall–Kier alpha value is -1.80. The van der Waals surface area contributed by atoms with Crippen LogP contribution in [0.25, 0.3) is 0 Å². The van der Waals surface area contributed by atoms with Gasteiger partial charge in [-0.2, -0.15) is 5.26 Å². The first-order valence-corrected chi connectivity index (χ1v) is 6.17. The van der Waals surface area contributed by atoms with Gasteiger partial charge in [-0.1, -0.05) is 42.1 Å². The Morgan fingerprint density at radius 3 is 2.76 bits per heavy atom. The molecule has 0 saturated heterocycles. The Balaban J connectivity index is 2.53. The maximum absolute atomic E-state index is 11.8. The van der Waals surface area contributed by atoms with Gasteiger partial charge >= 0.3 is 0 Å². The number of Topliss-reactive ketones (excluding diaryl/α,β-unsaturated/α-hetero) is 1. The monoisotopic (exact) mass is 247 g/mol. The molecule has 0 aliphatic heterocycles. The molecule has 0 atom stereocenters. The quantitative estimate of drug-likeness (QED) is 0.291. The van der Waals surface area contributed by atoms with Crippen LogP contribution >= 0.6 is 11.8 Å². The van der Waals surface area contributed by atoms with Gasteiger partial charge in [0, 0.05) is 12.1 Å². The van der Waals surface area contributed by atoms with Gasteiger partial charge in [0.25, 0.3) is 0 Å². The van der Waals surface area contributed by atoms with E-state index in [-0.39, 0.29) is 11.5 Å². The second-order valence-electron chi connectivity index (χ2n) is 3.09. The lowest BCUT2D eigenvalue weighted by Gasteiger charge is -2.02. The van der Waals surface area contributed by atoms with Gasteiger partial charge in [-0.05, 0) is 6.92 Å². The van der Waals surface area contributed by atoms with Crippen LogP contribution in [0.2, 0.25) is 0 Å². The van der Waals surface area contributed by atoms with Gasteiger partial charge in [0.1, 0.15) is 0 Å². The second kappa shape index (κ2) is 7.47. The molecule has 5 heteroatoms. The van der Waals surface area contributed by atoms with E-state index in [0.717, 1.165) is 0 Å². The molecule has 0 heterocycles. The number of carbonyl (C=O) groups excluding carboxylic acids is 1. The summed E-state index contributed by atoms with van der Waals surface area (Å²) in [5.74, 6) is 0.302. The summed E-state index contributed by atoms with van der Waals surface area (Å²) in [4.78, 5) is 15.8. The number of benzene rings is 1. The molecular weight excluding hydrogens is 234 g/mol. The van der Waals surface area contributed by atoms with Crippen molar-refractivity contribution in [3.63, 3.8) is 0 Å². The number of nitriles is 1. The average molecular weight is 247 g/mol. The first-order chi connectivity index (χ1) is 8.27. The van der Waals surface area contributed by atoms with E-state index in [1.165, 1.54) is 11.8 Å². The van der Waals surface area contributed by atoms with Crippen molar-refractivity contribution in [2.45, 2.75) is 6.92 Å². The Morgan fingerprint density at radius 2 is 2.18 bits per heavy atom. The van der Waals surface area contributed by atoms with Gasteiger partial charge in [0.15, 0.2) is 17.1 Å². The van der Waals surface area contributed by atoms with Gasteiger partial charge in [-0.25, -0.2) is 0 Å². The zero-order chi connectivity index (χ0) is 12.5. The maximum Gasteiger partial charge on any atom is 0.183 e. The normalized spacial score (nSPS) is 10.7. The Kier molecular flexibility index (Phi) is 5.83. The lowest BCUT2D eigenvalue weighted by Crippen LogP contribution is -2.16. The lowest BCUT2D eigenvalue weighted by atomic mass is 10.2. The average Bonchev–Trinajstić information content (AvgIpc) is 2.37. The predicted octanol–water partition coefficient (Wildman–Crippen LogP) is 2.05. The number of nitrogens with one attached hydrogen (secondary N) is 1. The third kappa shape index (κ3) is 4.70. The molecule has 0 aromatic heterocycles. The number of aliphatic imine (C=N–C) groups is 1. The van der Waals surface area contributed by atoms with E-state index in [4.69, 9.17) is 5.26 Å². The van der Waals surface area contributed by atoms with Crippen LogP contribution < -0.4 is 5.32 Å². The highest BCUT2D eigenvalue weighted by molar-refractivity contribution is 8.14. The van der Waals surface area contributed by atoms with Crippen molar-refractivity contribution >= 4 is 22.7 Å². The molecule has 17 heavy (non-hydrogen) atoms. The minimum absolute atomic E-state index is 0.0270. The van der Waals surface area contributed by atoms with E-state index >= 15 is 0 Å². The zero-order valence-electron chi connectivity index (χ0n) is 9.51. The van der Waals surface area contributed by atoms with Crippen LogP contribution in [0.4, 0.5) is 0 Å². The third-order valence-corrected chi connectivity index (χ3v) is 2.81. The molecule has 4 nitrogen and oxygen atoms in total. The van der Waals surface area contributed by atoms with Crippen molar-refractivity contribution in [1.82, 2.24) is 5.32 Å². The van der Waals surface area contributed by atoms with Crippen molar-refractivity contribution in [2.75, 3.05) is 12.3 Å². The number of carbonyl (C=O) groups is 1. The second-order valence-corrected chi connectivity index (χ2v) is 4.06. The highest BCUT2D eigenvalue weighted by Crippen LogP contribution is 2.08. The first-order valence-electron chi connectivity index (χ1n) is 5.18. The fourth-order valence-corrected chi connectivity index (χ4v) is 1.93. The summed E-state index contributed by atoms with van der Waals surface area (Å²) in [6.07, 6.45) is 1.80. The molecule has 88 valence electrons. The summed E-state index contributed by atoms with van der Waals surface area (Å²) < 4.78 is 0. The summed E-state index contributed by atoms with van der Waals surface area (Å²) in [6, 6.07) is 9.07. The van der Waals surface area contributed by atoms with Crippen molar-refractivity contribution in [3.05, 3.63) is 35.9 Å². The van der Waals surface area contributed by atoms with Gasteiger partial charge < -0.3 is 0 Å². The summed E-state index contributed by atoms with van der Waals surface area (Å²) in [5.41, 5.74) is 0.674. The molecule has 0 unspecified atom stereocenters. The van der Waals surface area contributed by atoms with Gasteiger partial charge in [0.05, 0.1) is 5.75 Å². The Morgan fingerprint density at radius 1 is 1.47 bits per heavy atom. The van der Waals surface area contributed by atoms with Crippen LogP contribution in [-0.2, 0) is 0 Å². The first kappa shape index (κ1) is 13.3. The zero-order valence-corrected chi connectivity index (χ0v) is 10.3. The number of hydrogen-bond donors (Lipinski definition) is 1. The Bertz CT molecular complexity index is 437. The molecule has 0 aliphatic carbocycles. The SMILES string of the molecule is CCN=C(NC#N)SCC(=O)c1ccccc1. The van der Waals surface area contributed by atoms with Crippen molar-refractivity contribution in [1.29, 1.82) is 5.26 Å². The number of hydrogen-bond acceptors (Lipinski definition) is 4. The number of nitrogens with zero attached hydrogens (tertiary/aromatic N) is 2. The summed E-state index contributed by atoms with van der Waals surface area (Å²) in [6.45, 7) is 2.45. The molecule has 0 bridgehead atoms. The largest absolute Gasteiger partial charge is 0.293 e. The van der Waals surface area contributed by atoms with Gasteiger partial charge in [-0.3, -0.25) is 15.1 Å². The summed E-state index contributed by atoms with van der Waals surface area (Å²) in [7, 11) is 0. The van der Waals surface area contributed by atoms with E-state index in [1.807, 2.05) is 25.1 Å². The molecule has 0 aliphatic rings. The highest BCUT2D eigenvalue weighted by Gasteiger charge is 2.07. The standard InChI is InChI=1S/C12H13N3OS/c1-2-14-12(15-9-13)17-8-11(16)10-6-4-3-5-7-10/h3-7H,2,8H2,1H3,(H,14,15). The van der Waals surface area contributed by atoms with E-state index in [2.05, 4.69) is 10.3 Å². The maximum atomic E-state index is 11.8. The number of thioether (sulfide) groups is 1. The third-order valence-electron chi connectivity index (χ3n) is 1.90. The van der Waals surface area contributed by atoms with Gasteiger partial charge in [0.2, 0.25) is 0 Å². The smallest absolute Gasteiger partial charge is 0.183 e. The molecule has 0 spiro atoms. The molecule has 0 amide bonds. The molecule has 0 fully saturated rings. The predicted molar refractivity (Wildman–Crippen MR) is 70.0 cm³/mol. The van der Waals surface area contributed by atoms with Crippen LogP contribution in [0.1, 0.15) is 17.3 Å².